The van der Waals surface area contributed by atoms with Gasteiger partial charge in [-0.15, -0.1) is 0 Å². The maximum Gasteiger partial charge on any atom is 0.254 e. The van der Waals surface area contributed by atoms with Crippen LogP contribution in [-0.2, 0) is 11.3 Å². The molecule has 7 nitrogen and oxygen atoms in total. The van der Waals surface area contributed by atoms with E-state index in [0.717, 1.165) is 4.57 Å². The predicted molar refractivity (Wildman–Crippen MR) is 100.0 cm³/mol. The van der Waals surface area contributed by atoms with Crippen LogP contribution >= 0.6 is 0 Å². The molecule has 2 aromatic carbocycles. The number of ether oxygens (including phenoxy) is 2. The van der Waals surface area contributed by atoms with Crippen LogP contribution in [0, 0.1) is 5.82 Å². The summed E-state index contributed by atoms with van der Waals surface area (Å²) in [5.41, 5.74) is 0.517. The Hall–Kier alpha value is -3.68. The topological polar surface area (TPSA) is 82.5 Å². The molecule has 3 aromatic rings. The number of carbonyl (C=O) groups is 1. The number of halogens is 1. The smallest absolute Gasteiger partial charge is 0.254 e. The van der Waals surface area contributed by atoms with Gasteiger partial charge in [0.2, 0.25) is 5.91 Å². The average molecular weight is 381 g/mol. The summed E-state index contributed by atoms with van der Waals surface area (Å²) in [5, 5.41) is 2.70. The maximum absolute atomic E-state index is 13.8. The Morgan fingerprint density at radius 1 is 1.11 bits per heavy atom. The Morgan fingerprint density at radius 3 is 2.68 bits per heavy atom. The maximum atomic E-state index is 13.8. The van der Waals surface area contributed by atoms with Crippen LogP contribution in [0.5, 0.6) is 11.5 Å². The lowest BCUT2D eigenvalue weighted by Gasteiger charge is -2.19. The average Bonchev–Trinajstić information content (AvgIpc) is 2.70. The van der Waals surface area contributed by atoms with Crippen molar-refractivity contribution in [1.82, 2.24) is 9.55 Å². The van der Waals surface area contributed by atoms with E-state index in [-0.39, 0.29) is 17.8 Å². The molecule has 1 aliphatic rings. The molecule has 142 valence electrons. The Labute approximate surface area is 159 Å². The van der Waals surface area contributed by atoms with E-state index in [9.17, 15) is 14.0 Å². The Balaban J connectivity index is 1.48. The zero-order chi connectivity index (χ0) is 19.5. The summed E-state index contributed by atoms with van der Waals surface area (Å²) in [6.07, 6.45) is 1.23. The molecule has 0 fully saturated rings. The number of anilines is 1. The van der Waals surface area contributed by atoms with E-state index in [1.165, 1.54) is 24.5 Å². The highest BCUT2D eigenvalue weighted by atomic mass is 19.1. The largest absolute Gasteiger partial charge is 0.486 e. The molecule has 0 atom stereocenters. The molecule has 1 aromatic heterocycles. The number of amides is 1. The number of nitrogens with zero attached hydrogens (tertiary/aromatic N) is 2. The van der Waals surface area contributed by atoms with Crippen LogP contribution in [0.3, 0.4) is 0 Å². The Bertz CT molecular complexity index is 1100. The van der Waals surface area contributed by atoms with Gasteiger partial charge in [0.25, 0.3) is 5.56 Å². The molecular weight excluding hydrogens is 365 g/mol. The summed E-state index contributed by atoms with van der Waals surface area (Å²) in [4.78, 5) is 28.7. The van der Waals surface area contributed by atoms with Crippen LogP contribution in [0.2, 0.25) is 0 Å². The second kappa shape index (κ2) is 7.51. The molecule has 4 rings (SSSR count). The minimum absolute atomic E-state index is 0.214. The van der Waals surface area contributed by atoms with E-state index < -0.39 is 17.3 Å². The molecule has 1 aliphatic heterocycles. The highest BCUT2D eigenvalue weighted by Crippen LogP contribution is 2.32. The zero-order valence-corrected chi connectivity index (χ0v) is 14.7. The van der Waals surface area contributed by atoms with Gasteiger partial charge in [0.05, 0.1) is 12.0 Å². The molecule has 0 aliphatic carbocycles. The van der Waals surface area contributed by atoms with Crippen molar-refractivity contribution >= 4 is 11.6 Å². The van der Waals surface area contributed by atoms with Gasteiger partial charge in [0.15, 0.2) is 11.5 Å². The number of hydrogen-bond acceptors (Lipinski definition) is 5. The molecule has 0 bridgehead atoms. The van der Waals surface area contributed by atoms with Gasteiger partial charge >= 0.3 is 0 Å². The highest BCUT2D eigenvalue weighted by Gasteiger charge is 2.14. The van der Waals surface area contributed by atoms with Gasteiger partial charge in [0, 0.05) is 23.4 Å². The lowest BCUT2D eigenvalue weighted by molar-refractivity contribution is -0.116. The van der Waals surface area contributed by atoms with Gasteiger partial charge in [-0.3, -0.25) is 14.2 Å². The third-order valence-corrected chi connectivity index (χ3v) is 4.17. The molecular formula is C20H16FN3O4. The summed E-state index contributed by atoms with van der Waals surface area (Å²) in [7, 11) is 0. The van der Waals surface area contributed by atoms with Crippen molar-refractivity contribution in [3.05, 3.63) is 71.0 Å². The molecule has 2 heterocycles. The van der Waals surface area contributed by atoms with Crippen molar-refractivity contribution in [2.45, 2.75) is 6.54 Å². The highest BCUT2D eigenvalue weighted by molar-refractivity contribution is 5.91. The molecule has 8 heteroatoms. The van der Waals surface area contributed by atoms with Gasteiger partial charge in [0.1, 0.15) is 25.6 Å². The van der Waals surface area contributed by atoms with Crippen molar-refractivity contribution in [2.24, 2.45) is 0 Å². The molecule has 0 spiro atoms. The lowest BCUT2D eigenvalue weighted by atomic mass is 10.1. The molecule has 0 unspecified atom stereocenters. The van der Waals surface area contributed by atoms with Gasteiger partial charge < -0.3 is 14.8 Å². The summed E-state index contributed by atoms with van der Waals surface area (Å²) >= 11 is 0. The zero-order valence-electron chi connectivity index (χ0n) is 14.7. The van der Waals surface area contributed by atoms with Gasteiger partial charge in [-0.2, -0.15) is 0 Å². The Kier molecular flexibility index (Phi) is 4.76. The first-order valence-corrected chi connectivity index (χ1v) is 8.61. The molecule has 1 amide bonds. The standard InChI is InChI=1S/C20H16FN3O4/c21-15-4-2-1-3-14(15)16-10-20(26)24(12-22-16)11-19(25)23-13-5-6-17-18(9-13)28-8-7-27-17/h1-6,9-10,12H,7-8,11H2,(H,23,25). The lowest BCUT2D eigenvalue weighted by Crippen LogP contribution is -2.27. The van der Waals surface area contributed by atoms with Crippen LogP contribution in [0.1, 0.15) is 0 Å². The van der Waals surface area contributed by atoms with E-state index in [1.807, 2.05) is 0 Å². The number of hydrogen-bond donors (Lipinski definition) is 1. The van der Waals surface area contributed by atoms with Crippen molar-refractivity contribution < 1.29 is 18.7 Å². The van der Waals surface area contributed by atoms with Gasteiger partial charge in [-0.25, -0.2) is 9.37 Å². The summed E-state index contributed by atoms with van der Waals surface area (Å²) in [6, 6.07) is 12.3. The summed E-state index contributed by atoms with van der Waals surface area (Å²) in [5.74, 6) is 0.299. The van der Waals surface area contributed by atoms with Crippen LogP contribution in [0.15, 0.2) is 59.7 Å². The molecule has 0 saturated carbocycles. The SMILES string of the molecule is O=C(Cn1cnc(-c2ccccc2F)cc1=O)Nc1ccc2c(c1)OCCO2. The van der Waals surface area contributed by atoms with Crippen LogP contribution in [-0.4, -0.2) is 28.7 Å². The van der Waals surface area contributed by atoms with Crippen molar-refractivity contribution in [2.75, 3.05) is 18.5 Å². The first-order valence-electron chi connectivity index (χ1n) is 8.61. The first kappa shape index (κ1) is 17.7. The molecule has 28 heavy (non-hydrogen) atoms. The minimum atomic E-state index is -0.469. The monoisotopic (exact) mass is 381 g/mol. The van der Waals surface area contributed by atoms with E-state index in [4.69, 9.17) is 9.47 Å². The molecule has 0 radical (unpaired) electrons. The number of fused-ring (bicyclic) bond motifs is 1. The number of benzene rings is 2. The quantitative estimate of drug-likeness (QED) is 0.751. The fraction of sp³-hybridized carbons (Fsp3) is 0.150. The van der Waals surface area contributed by atoms with Crippen LogP contribution in [0.25, 0.3) is 11.3 Å². The van der Waals surface area contributed by atoms with Crippen molar-refractivity contribution in [3.8, 4) is 22.8 Å². The van der Waals surface area contributed by atoms with E-state index in [0.29, 0.717) is 30.4 Å². The summed E-state index contributed by atoms with van der Waals surface area (Å²) in [6.45, 7) is 0.704. The van der Waals surface area contributed by atoms with Gasteiger partial charge in [-0.05, 0) is 24.3 Å². The molecule has 0 saturated heterocycles. The number of rotatable bonds is 4. The van der Waals surface area contributed by atoms with Gasteiger partial charge in [-0.1, -0.05) is 12.1 Å². The predicted octanol–water partition coefficient (Wildman–Crippen LogP) is 2.46. The number of nitrogens with one attached hydrogen (secondary N) is 1. The van der Waals surface area contributed by atoms with E-state index in [1.54, 1.807) is 30.3 Å². The van der Waals surface area contributed by atoms with Crippen LogP contribution in [0.4, 0.5) is 10.1 Å². The van der Waals surface area contributed by atoms with E-state index in [2.05, 4.69) is 10.3 Å². The third-order valence-electron chi connectivity index (χ3n) is 4.17. The normalized spacial score (nSPS) is 12.5. The minimum Gasteiger partial charge on any atom is -0.486 e. The fourth-order valence-electron chi connectivity index (χ4n) is 2.84. The Morgan fingerprint density at radius 2 is 1.89 bits per heavy atom. The fourth-order valence-corrected chi connectivity index (χ4v) is 2.84. The second-order valence-electron chi connectivity index (χ2n) is 6.13. The van der Waals surface area contributed by atoms with Crippen LogP contribution < -0.4 is 20.3 Å². The summed E-state index contributed by atoms with van der Waals surface area (Å²) < 4.78 is 25.9. The molecule has 1 N–H and O–H groups in total. The number of aromatic nitrogens is 2. The first-order chi connectivity index (χ1) is 13.6. The second-order valence-corrected chi connectivity index (χ2v) is 6.13. The van der Waals surface area contributed by atoms with Crippen molar-refractivity contribution in [1.29, 1.82) is 0 Å². The van der Waals surface area contributed by atoms with E-state index >= 15 is 0 Å². The van der Waals surface area contributed by atoms with Crippen molar-refractivity contribution in [3.63, 3.8) is 0 Å². The number of carbonyl (C=O) groups excluding carboxylic acids is 1. The third kappa shape index (κ3) is 3.71.